The molecule has 0 spiro atoms. The number of nitro benzene ring substituents is 1. The van der Waals surface area contributed by atoms with Crippen molar-refractivity contribution in [2.24, 2.45) is 0 Å². The average molecular weight is 327 g/mol. The second kappa shape index (κ2) is 6.73. The normalized spacial score (nSPS) is 11.7. The van der Waals surface area contributed by atoms with E-state index in [0.717, 1.165) is 0 Å². The van der Waals surface area contributed by atoms with E-state index in [-0.39, 0.29) is 11.4 Å². The Hall–Kier alpha value is -3.49. The van der Waals surface area contributed by atoms with Crippen LogP contribution in [0.15, 0.2) is 48.5 Å². The Kier molecular flexibility index (Phi) is 4.32. The van der Waals surface area contributed by atoms with E-state index >= 15 is 0 Å². The lowest BCUT2D eigenvalue weighted by Crippen LogP contribution is -2.05. The lowest BCUT2D eigenvalue weighted by molar-refractivity contribution is -0.385. The summed E-state index contributed by atoms with van der Waals surface area (Å²) in [4.78, 5) is 10.5. The summed E-state index contributed by atoms with van der Waals surface area (Å²) in [7, 11) is 0. The highest BCUT2D eigenvalue weighted by atomic mass is 16.6. The van der Waals surface area contributed by atoms with Crippen LogP contribution in [-0.4, -0.2) is 25.5 Å². The molecule has 2 aromatic carbocycles. The fourth-order valence-corrected chi connectivity index (χ4v) is 2.03. The number of nitrogens with one attached hydrogen (secondary N) is 1. The van der Waals surface area contributed by atoms with E-state index < -0.39 is 11.0 Å². The van der Waals surface area contributed by atoms with Gasteiger partial charge in [-0.25, -0.2) is 0 Å². The van der Waals surface area contributed by atoms with Crippen LogP contribution in [0.25, 0.3) is 0 Å². The third-order valence-electron chi connectivity index (χ3n) is 3.13. The quantitative estimate of drug-likeness (QED) is 0.546. The molecule has 0 saturated heterocycles. The molecule has 0 amide bonds. The summed E-state index contributed by atoms with van der Waals surface area (Å²) in [6.07, 6.45) is -0.412. The van der Waals surface area contributed by atoms with Gasteiger partial charge in [0.2, 0.25) is 11.6 Å². The van der Waals surface area contributed by atoms with Crippen molar-refractivity contribution < 1.29 is 14.4 Å². The van der Waals surface area contributed by atoms with Gasteiger partial charge in [-0.15, -0.1) is 10.2 Å². The summed E-state index contributed by atoms with van der Waals surface area (Å²) in [5, 5.41) is 24.6. The van der Waals surface area contributed by atoms with Crippen LogP contribution >= 0.6 is 0 Å². The zero-order valence-corrected chi connectivity index (χ0v) is 12.6. The Bertz CT molecular complexity index is 837. The SMILES string of the molecule is CC(Oc1cccc(Oc2ccccc2[N+](=O)[O-])c1)c1nn[nH]n1. The summed E-state index contributed by atoms with van der Waals surface area (Å²) < 4.78 is 11.3. The largest absolute Gasteiger partial charge is 0.482 e. The van der Waals surface area contributed by atoms with E-state index in [2.05, 4.69) is 20.6 Å². The van der Waals surface area contributed by atoms with Crippen LogP contribution in [0.1, 0.15) is 18.9 Å². The molecule has 1 heterocycles. The maximum atomic E-state index is 11.0. The Morgan fingerprint density at radius 2 is 1.96 bits per heavy atom. The maximum absolute atomic E-state index is 11.0. The summed E-state index contributed by atoms with van der Waals surface area (Å²) in [6.45, 7) is 1.78. The predicted octanol–water partition coefficient (Wildman–Crippen LogP) is 3.04. The van der Waals surface area contributed by atoms with Crippen molar-refractivity contribution in [1.29, 1.82) is 0 Å². The van der Waals surface area contributed by atoms with Gasteiger partial charge in [0.05, 0.1) is 4.92 Å². The van der Waals surface area contributed by atoms with Crippen LogP contribution in [-0.2, 0) is 0 Å². The molecule has 24 heavy (non-hydrogen) atoms. The first-order valence-corrected chi connectivity index (χ1v) is 7.05. The van der Waals surface area contributed by atoms with Crippen molar-refractivity contribution >= 4 is 5.69 Å². The van der Waals surface area contributed by atoms with Gasteiger partial charge in [-0.05, 0) is 25.1 Å². The standard InChI is InChI=1S/C15H13N5O4/c1-10(15-16-18-19-17-15)23-11-5-4-6-12(9-11)24-14-8-3-2-7-13(14)20(21)22/h2-10H,1H3,(H,16,17,18,19). The van der Waals surface area contributed by atoms with Gasteiger partial charge in [-0.2, -0.15) is 5.21 Å². The van der Waals surface area contributed by atoms with Gasteiger partial charge >= 0.3 is 5.69 Å². The molecule has 0 radical (unpaired) electrons. The van der Waals surface area contributed by atoms with Crippen LogP contribution in [0.4, 0.5) is 5.69 Å². The van der Waals surface area contributed by atoms with E-state index in [1.54, 1.807) is 43.3 Å². The third-order valence-corrected chi connectivity index (χ3v) is 3.13. The highest BCUT2D eigenvalue weighted by molar-refractivity contribution is 5.48. The molecule has 1 atom stereocenters. The van der Waals surface area contributed by atoms with Gasteiger partial charge < -0.3 is 9.47 Å². The first-order chi connectivity index (χ1) is 11.6. The second-order valence-corrected chi connectivity index (χ2v) is 4.83. The summed E-state index contributed by atoms with van der Waals surface area (Å²) in [6, 6.07) is 12.9. The Morgan fingerprint density at radius 1 is 1.17 bits per heavy atom. The molecule has 0 bridgehead atoms. The van der Waals surface area contributed by atoms with Crippen LogP contribution in [0.3, 0.4) is 0 Å². The molecule has 1 unspecified atom stereocenters. The number of aromatic nitrogens is 4. The van der Waals surface area contributed by atoms with E-state index in [1.165, 1.54) is 12.1 Å². The number of para-hydroxylation sites is 2. The van der Waals surface area contributed by atoms with Crippen molar-refractivity contribution in [3.05, 3.63) is 64.5 Å². The smallest absolute Gasteiger partial charge is 0.311 e. The molecule has 9 heteroatoms. The van der Waals surface area contributed by atoms with E-state index in [9.17, 15) is 10.1 Å². The molecule has 122 valence electrons. The minimum atomic E-state index is -0.492. The number of ether oxygens (including phenoxy) is 2. The van der Waals surface area contributed by atoms with E-state index in [0.29, 0.717) is 17.3 Å². The minimum absolute atomic E-state index is 0.107. The number of aromatic amines is 1. The van der Waals surface area contributed by atoms with Gasteiger partial charge in [-0.1, -0.05) is 23.4 Å². The van der Waals surface area contributed by atoms with Crippen molar-refractivity contribution in [3.8, 4) is 17.2 Å². The number of tetrazole rings is 1. The molecule has 0 saturated carbocycles. The predicted molar refractivity (Wildman–Crippen MR) is 82.8 cm³/mol. The van der Waals surface area contributed by atoms with Crippen molar-refractivity contribution in [2.45, 2.75) is 13.0 Å². The number of H-pyrrole nitrogens is 1. The zero-order chi connectivity index (χ0) is 16.9. The lowest BCUT2D eigenvalue weighted by atomic mass is 10.3. The van der Waals surface area contributed by atoms with Gasteiger partial charge in [0.25, 0.3) is 0 Å². The fraction of sp³-hybridized carbons (Fsp3) is 0.133. The third kappa shape index (κ3) is 3.46. The summed E-state index contributed by atoms with van der Waals surface area (Å²) in [5.41, 5.74) is -0.107. The molecule has 9 nitrogen and oxygen atoms in total. The Balaban J connectivity index is 1.78. The summed E-state index contributed by atoms with van der Waals surface area (Å²) in [5.74, 6) is 1.51. The molecule has 0 aliphatic rings. The number of hydrogen-bond donors (Lipinski definition) is 1. The Labute approximate surface area is 136 Å². The van der Waals surface area contributed by atoms with Gasteiger partial charge in [0.1, 0.15) is 11.5 Å². The monoisotopic (exact) mass is 327 g/mol. The number of benzene rings is 2. The van der Waals surface area contributed by atoms with Crippen LogP contribution < -0.4 is 9.47 Å². The first kappa shape index (κ1) is 15.4. The van der Waals surface area contributed by atoms with Crippen LogP contribution in [0.5, 0.6) is 17.2 Å². The molecule has 0 aliphatic carbocycles. The highest BCUT2D eigenvalue weighted by Gasteiger charge is 2.16. The van der Waals surface area contributed by atoms with Crippen molar-refractivity contribution in [3.63, 3.8) is 0 Å². The van der Waals surface area contributed by atoms with Crippen molar-refractivity contribution in [2.75, 3.05) is 0 Å². The highest BCUT2D eigenvalue weighted by Crippen LogP contribution is 2.32. The molecule has 0 aliphatic heterocycles. The number of rotatable bonds is 6. The van der Waals surface area contributed by atoms with Gasteiger partial charge in [-0.3, -0.25) is 10.1 Å². The van der Waals surface area contributed by atoms with E-state index in [4.69, 9.17) is 9.47 Å². The number of hydrogen-bond acceptors (Lipinski definition) is 7. The van der Waals surface area contributed by atoms with Gasteiger partial charge in [0, 0.05) is 12.1 Å². The van der Waals surface area contributed by atoms with Crippen molar-refractivity contribution in [1.82, 2.24) is 20.6 Å². The zero-order valence-electron chi connectivity index (χ0n) is 12.6. The molecule has 0 fully saturated rings. The average Bonchev–Trinajstić information content (AvgIpc) is 3.10. The van der Waals surface area contributed by atoms with Crippen LogP contribution in [0, 0.1) is 10.1 Å². The van der Waals surface area contributed by atoms with Gasteiger partial charge in [0.15, 0.2) is 6.10 Å². The minimum Gasteiger partial charge on any atom is -0.482 e. The van der Waals surface area contributed by atoms with E-state index in [1.807, 2.05) is 0 Å². The lowest BCUT2D eigenvalue weighted by Gasteiger charge is -2.12. The fourth-order valence-electron chi connectivity index (χ4n) is 2.03. The molecule has 3 rings (SSSR count). The number of nitrogens with zero attached hydrogens (tertiary/aromatic N) is 4. The topological polar surface area (TPSA) is 116 Å². The molecular formula is C15H13N5O4. The molecule has 1 aromatic heterocycles. The number of nitro groups is 1. The molecule has 3 aromatic rings. The Morgan fingerprint density at radius 3 is 2.71 bits per heavy atom. The molecular weight excluding hydrogens is 314 g/mol. The first-order valence-electron chi connectivity index (χ1n) is 7.05. The van der Waals surface area contributed by atoms with Crippen LogP contribution in [0.2, 0.25) is 0 Å². The summed E-state index contributed by atoms with van der Waals surface area (Å²) >= 11 is 0. The second-order valence-electron chi connectivity index (χ2n) is 4.83. The molecule has 1 N–H and O–H groups in total. The maximum Gasteiger partial charge on any atom is 0.311 e.